The summed E-state index contributed by atoms with van der Waals surface area (Å²) in [6, 6.07) is 9.90. The van der Waals surface area contributed by atoms with Gasteiger partial charge in [-0.2, -0.15) is 13.5 Å². The molecule has 3 aromatic rings. The molecule has 0 spiro atoms. The summed E-state index contributed by atoms with van der Waals surface area (Å²) in [7, 11) is -2.49. The Morgan fingerprint density at radius 1 is 0.964 bits per heavy atom. The number of amides is 1. The number of fused-ring (bicyclic) bond motifs is 1. The first-order valence-corrected chi connectivity index (χ1v) is 21.5. The van der Waals surface area contributed by atoms with Crippen LogP contribution in [0.3, 0.4) is 0 Å². The average molecular weight is 833 g/mol. The lowest BCUT2D eigenvalue weighted by atomic mass is 10.1. The van der Waals surface area contributed by atoms with Gasteiger partial charge in [0.2, 0.25) is 5.88 Å². The molecule has 0 radical (unpaired) electrons. The highest BCUT2D eigenvalue weighted by molar-refractivity contribution is 7.80. The molecule has 2 atom stereocenters. The van der Waals surface area contributed by atoms with Crippen molar-refractivity contribution < 1.29 is 64.8 Å². The Morgan fingerprint density at radius 2 is 1.59 bits per heavy atom. The highest BCUT2D eigenvalue weighted by atomic mass is 32.2. The largest absolute Gasteiger partial charge is 0.492 e. The summed E-state index contributed by atoms with van der Waals surface area (Å²) in [4.78, 5) is 39.5. The van der Waals surface area contributed by atoms with Crippen molar-refractivity contribution in [1.29, 1.82) is 0 Å². The number of ether oxygens (including phenoxy) is 4. The van der Waals surface area contributed by atoms with E-state index in [0.717, 1.165) is 6.07 Å². The summed E-state index contributed by atoms with van der Waals surface area (Å²) in [5.74, 6) is -2.22. The van der Waals surface area contributed by atoms with Crippen molar-refractivity contribution in [1.82, 2.24) is 14.7 Å². The number of hydrogen-bond donors (Lipinski definition) is 2. The Balaban J connectivity index is 2.03. The zero-order chi connectivity index (χ0) is 42.2. The molecule has 1 heterocycles. The number of anilines is 1. The van der Waals surface area contributed by atoms with Crippen LogP contribution in [0.25, 0.3) is 10.9 Å². The fourth-order valence-corrected chi connectivity index (χ4v) is 9.02. The monoisotopic (exact) mass is 832 g/mol. The van der Waals surface area contributed by atoms with Gasteiger partial charge in [0, 0.05) is 6.07 Å². The number of rotatable bonds is 18. The Labute approximate surface area is 327 Å². The Bertz CT molecular complexity index is 1860. The van der Waals surface area contributed by atoms with E-state index < -0.39 is 79.9 Å². The minimum absolute atomic E-state index is 0.000738. The van der Waals surface area contributed by atoms with E-state index in [1.165, 1.54) is 35.2 Å². The molecule has 20 heteroatoms. The van der Waals surface area contributed by atoms with E-state index in [9.17, 15) is 37.0 Å². The summed E-state index contributed by atoms with van der Waals surface area (Å²) in [6.07, 6.45) is -3.21. The summed E-state index contributed by atoms with van der Waals surface area (Å²) in [5.41, 5.74) is -1.94. The molecule has 0 aliphatic heterocycles. The average Bonchev–Trinajstić information content (AvgIpc) is 3.44. The van der Waals surface area contributed by atoms with Crippen molar-refractivity contribution in [2.45, 2.75) is 104 Å². The summed E-state index contributed by atoms with van der Waals surface area (Å²) in [5, 5.41) is 13.2. The van der Waals surface area contributed by atoms with E-state index in [2.05, 4.69) is 9.84 Å². The van der Waals surface area contributed by atoms with Gasteiger partial charge in [0.1, 0.15) is 35.9 Å². The standard InChI is InChI=1S/C36H51F3N4O11SSi/c1-10-56(11-2,12-3)54-29(23-13-16-26(37)28(19-23)42(55(48)49)22-30(44)52-35(4,5)6)21-41(34(47)53-36(7,8)9)17-18-50-24-14-15-25-27(20-24)43(33(45)46)40-31(25)51-32(38)39/h13-16,19-20,29,32H,10-12,17-18,21-22H2,1-9H3,(H,45,46)(H,48,49). The quantitative estimate of drug-likeness (QED) is 0.0719. The Kier molecular flexibility index (Phi) is 15.7. The Hall–Kier alpha value is -4.40. The van der Waals surface area contributed by atoms with E-state index in [1.54, 1.807) is 41.5 Å². The number of alkyl halides is 2. The highest BCUT2D eigenvalue weighted by Crippen LogP contribution is 2.34. The number of carbonyl (C=O) groups is 3. The van der Waals surface area contributed by atoms with Crippen LogP contribution in [0.2, 0.25) is 18.1 Å². The van der Waals surface area contributed by atoms with Gasteiger partial charge in [0.05, 0.1) is 35.8 Å². The van der Waals surface area contributed by atoms with Crippen molar-refractivity contribution in [3.05, 3.63) is 47.8 Å². The van der Waals surface area contributed by atoms with E-state index in [4.69, 9.17) is 18.6 Å². The van der Waals surface area contributed by atoms with Gasteiger partial charge in [-0.25, -0.2) is 18.2 Å². The molecule has 2 aromatic carbocycles. The van der Waals surface area contributed by atoms with Crippen molar-refractivity contribution >= 4 is 54.3 Å². The summed E-state index contributed by atoms with van der Waals surface area (Å²) < 4.78 is 93.3. The fraction of sp³-hybridized carbons (Fsp3) is 0.556. The second-order valence-electron chi connectivity index (χ2n) is 14.7. The number of esters is 1. The van der Waals surface area contributed by atoms with Crippen LogP contribution in [0.5, 0.6) is 11.6 Å². The molecule has 0 fully saturated rings. The molecule has 2 N–H and O–H groups in total. The molecular formula is C36H51F3N4O11SSi. The van der Waals surface area contributed by atoms with E-state index in [1.807, 2.05) is 20.8 Å². The normalized spacial score (nSPS) is 13.3. The minimum atomic E-state index is -3.24. The second-order valence-corrected chi connectivity index (χ2v) is 20.4. The van der Waals surface area contributed by atoms with Crippen LogP contribution in [0.1, 0.15) is 74.0 Å². The molecule has 0 saturated carbocycles. The predicted molar refractivity (Wildman–Crippen MR) is 204 cm³/mol. The fourth-order valence-electron chi connectivity index (χ4n) is 5.68. The van der Waals surface area contributed by atoms with Gasteiger partial charge in [-0.05, 0) is 89.5 Å². The van der Waals surface area contributed by atoms with Crippen LogP contribution >= 0.6 is 0 Å². The number of carboxylic acid groups (broad SMARTS) is 1. The smallest absolute Gasteiger partial charge is 0.432 e. The van der Waals surface area contributed by atoms with E-state index >= 15 is 4.39 Å². The lowest BCUT2D eigenvalue weighted by Crippen LogP contribution is -2.45. The van der Waals surface area contributed by atoms with Crippen LogP contribution in [0.15, 0.2) is 36.4 Å². The SMILES string of the molecule is CC[Si](CC)(CC)OC(CN(CCOc1ccc2c(OC(F)F)nn(C(=O)O)c2c1)C(=O)OC(C)(C)C)c1ccc(F)c(N(CC(=O)OC(C)(C)C)S(=O)O)c1. The first-order chi connectivity index (χ1) is 26.0. The van der Waals surface area contributed by atoms with E-state index in [-0.39, 0.29) is 42.0 Å². The molecule has 15 nitrogen and oxygen atoms in total. The molecule has 0 aliphatic rings. The first-order valence-electron chi connectivity index (χ1n) is 17.9. The van der Waals surface area contributed by atoms with Gasteiger partial charge in [0.15, 0.2) is 8.32 Å². The molecule has 0 saturated heterocycles. The molecule has 312 valence electrons. The van der Waals surface area contributed by atoms with Crippen LogP contribution in [-0.4, -0.2) is 99.1 Å². The Morgan fingerprint density at radius 3 is 2.12 bits per heavy atom. The third-order valence-electron chi connectivity index (χ3n) is 8.49. The number of halogens is 3. The minimum Gasteiger partial charge on any atom is -0.492 e. The van der Waals surface area contributed by atoms with Crippen LogP contribution in [-0.2, 0) is 30.0 Å². The van der Waals surface area contributed by atoms with Gasteiger partial charge in [-0.1, -0.05) is 26.8 Å². The van der Waals surface area contributed by atoms with Gasteiger partial charge in [-0.3, -0.25) is 13.7 Å². The number of hydrogen-bond acceptors (Lipinski definition) is 10. The maximum Gasteiger partial charge on any atom is 0.432 e. The van der Waals surface area contributed by atoms with Gasteiger partial charge in [-0.15, -0.1) is 5.10 Å². The molecule has 3 rings (SSSR count). The summed E-state index contributed by atoms with van der Waals surface area (Å²) in [6.45, 7) is 11.5. The van der Waals surface area contributed by atoms with Crippen molar-refractivity contribution in [3.8, 4) is 11.6 Å². The zero-order valence-electron chi connectivity index (χ0n) is 33.0. The number of nitrogens with zero attached hydrogens (tertiary/aromatic N) is 4. The maximum atomic E-state index is 15.4. The number of aromatic nitrogens is 2. The van der Waals surface area contributed by atoms with Crippen LogP contribution in [0, 0.1) is 5.82 Å². The molecular weight excluding hydrogens is 782 g/mol. The van der Waals surface area contributed by atoms with Crippen molar-refractivity contribution in [2.24, 2.45) is 0 Å². The molecule has 0 bridgehead atoms. The van der Waals surface area contributed by atoms with Crippen LogP contribution in [0.4, 0.5) is 28.4 Å². The molecule has 0 aliphatic carbocycles. The van der Waals surface area contributed by atoms with Gasteiger partial charge < -0.3 is 33.4 Å². The summed E-state index contributed by atoms with van der Waals surface area (Å²) >= 11 is -2.84. The molecule has 1 aromatic heterocycles. The molecule has 1 amide bonds. The van der Waals surface area contributed by atoms with Gasteiger partial charge >= 0.3 is 24.8 Å². The van der Waals surface area contributed by atoms with E-state index in [0.29, 0.717) is 32.7 Å². The lowest BCUT2D eigenvalue weighted by molar-refractivity contribution is -0.152. The second kappa shape index (κ2) is 19.2. The lowest BCUT2D eigenvalue weighted by Gasteiger charge is -2.37. The van der Waals surface area contributed by atoms with Crippen molar-refractivity contribution in [2.75, 3.05) is 30.5 Å². The number of benzene rings is 2. The topological polar surface area (TPSA) is 179 Å². The third kappa shape index (κ3) is 12.8. The number of carbonyl (C=O) groups excluding carboxylic acids is 2. The highest BCUT2D eigenvalue weighted by Gasteiger charge is 2.36. The molecule has 56 heavy (non-hydrogen) atoms. The first kappa shape index (κ1) is 46.0. The van der Waals surface area contributed by atoms with Crippen LogP contribution < -0.4 is 13.8 Å². The van der Waals surface area contributed by atoms with Crippen molar-refractivity contribution in [3.63, 3.8) is 0 Å². The van der Waals surface area contributed by atoms with Gasteiger partial charge in [0.25, 0.3) is 11.3 Å². The maximum absolute atomic E-state index is 15.4. The third-order valence-corrected chi connectivity index (χ3v) is 13.8. The molecule has 2 unspecified atom stereocenters. The zero-order valence-corrected chi connectivity index (χ0v) is 34.8. The predicted octanol–water partition coefficient (Wildman–Crippen LogP) is 7.97.